The summed E-state index contributed by atoms with van der Waals surface area (Å²) in [6.07, 6.45) is 0. The van der Waals surface area contributed by atoms with Crippen molar-refractivity contribution in [1.82, 2.24) is 0 Å². The molecule has 2 aromatic carbocycles. The normalized spacial score (nSPS) is 11.3. The van der Waals surface area contributed by atoms with Crippen molar-refractivity contribution in [2.24, 2.45) is 10.7 Å². The fraction of sp³-hybridized carbons (Fsp3) is 0.133. The summed E-state index contributed by atoms with van der Waals surface area (Å²) in [7, 11) is 0. The number of hydrogen-bond acceptors (Lipinski definition) is 1. The molecule has 0 bridgehead atoms. The SMILES string of the molecule is Cc1ccc(N=C(N)Nc2ccccc2)c(C)c1. The van der Waals surface area contributed by atoms with Gasteiger partial charge in [0.25, 0.3) is 0 Å². The van der Waals surface area contributed by atoms with Crippen LogP contribution in [0.4, 0.5) is 11.4 Å². The van der Waals surface area contributed by atoms with Crippen molar-refractivity contribution in [3.63, 3.8) is 0 Å². The van der Waals surface area contributed by atoms with Crippen LogP contribution in [0.1, 0.15) is 11.1 Å². The molecule has 2 rings (SSSR count). The number of para-hydroxylation sites is 1. The van der Waals surface area contributed by atoms with Gasteiger partial charge >= 0.3 is 0 Å². The Balaban J connectivity index is 2.18. The van der Waals surface area contributed by atoms with Crippen molar-refractivity contribution in [3.8, 4) is 0 Å². The van der Waals surface area contributed by atoms with Gasteiger partial charge in [0.1, 0.15) is 0 Å². The molecule has 3 heteroatoms. The van der Waals surface area contributed by atoms with Crippen molar-refractivity contribution in [2.45, 2.75) is 13.8 Å². The fourth-order valence-corrected chi connectivity index (χ4v) is 1.76. The molecule has 0 atom stereocenters. The Morgan fingerprint density at radius 3 is 2.44 bits per heavy atom. The summed E-state index contributed by atoms with van der Waals surface area (Å²) >= 11 is 0. The number of hydrogen-bond donors (Lipinski definition) is 2. The van der Waals surface area contributed by atoms with Crippen molar-refractivity contribution < 1.29 is 0 Å². The molecule has 0 saturated heterocycles. The maximum atomic E-state index is 5.88. The molecule has 0 heterocycles. The lowest BCUT2D eigenvalue weighted by molar-refractivity contribution is 1.33. The number of anilines is 1. The van der Waals surface area contributed by atoms with E-state index in [-0.39, 0.29) is 0 Å². The third-order valence-electron chi connectivity index (χ3n) is 2.64. The molecule has 0 amide bonds. The summed E-state index contributed by atoms with van der Waals surface area (Å²) in [6, 6.07) is 15.9. The Morgan fingerprint density at radius 2 is 1.78 bits per heavy atom. The molecule has 3 N–H and O–H groups in total. The maximum Gasteiger partial charge on any atom is 0.198 e. The van der Waals surface area contributed by atoms with Crippen LogP contribution in [0.2, 0.25) is 0 Å². The number of nitrogens with one attached hydrogen (secondary N) is 1. The van der Waals surface area contributed by atoms with Crippen LogP contribution in [-0.4, -0.2) is 5.96 Å². The first-order valence-corrected chi connectivity index (χ1v) is 5.88. The second-order valence-electron chi connectivity index (χ2n) is 4.28. The van der Waals surface area contributed by atoms with Gasteiger partial charge in [0.2, 0.25) is 0 Å². The molecule has 0 unspecified atom stereocenters. The minimum Gasteiger partial charge on any atom is -0.369 e. The van der Waals surface area contributed by atoms with Gasteiger partial charge in [-0.3, -0.25) is 0 Å². The molecule has 0 fully saturated rings. The molecule has 2 aromatic rings. The van der Waals surface area contributed by atoms with Crippen LogP contribution in [0, 0.1) is 13.8 Å². The van der Waals surface area contributed by atoms with Crippen LogP contribution in [-0.2, 0) is 0 Å². The Morgan fingerprint density at radius 1 is 1.06 bits per heavy atom. The van der Waals surface area contributed by atoms with Gasteiger partial charge in [-0.2, -0.15) is 0 Å². The molecule has 0 aromatic heterocycles. The Hall–Kier alpha value is -2.29. The lowest BCUT2D eigenvalue weighted by Crippen LogP contribution is -2.21. The number of aryl methyl sites for hydroxylation is 2. The van der Waals surface area contributed by atoms with Crippen LogP contribution in [0.25, 0.3) is 0 Å². The number of aliphatic imine (C=N–C) groups is 1. The molecule has 0 saturated carbocycles. The van der Waals surface area contributed by atoms with Crippen molar-refractivity contribution in [1.29, 1.82) is 0 Å². The van der Waals surface area contributed by atoms with Gasteiger partial charge in [-0.1, -0.05) is 35.9 Å². The minimum atomic E-state index is 0.396. The molecule has 92 valence electrons. The average molecular weight is 239 g/mol. The van der Waals surface area contributed by atoms with Gasteiger partial charge < -0.3 is 11.1 Å². The third-order valence-corrected chi connectivity index (χ3v) is 2.64. The molecule has 0 aliphatic heterocycles. The average Bonchev–Trinajstić information content (AvgIpc) is 2.34. The van der Waals surface area contributed by atoms with E-state index in [4.69, 9.17) is 5.73 Å². The monoisotopic (exact) mass is 239 g/mol. The van der Waals surface area contributed by atoms with Crippen LogP contribution in [0.3, 0.4) is 0 Å². The zero-order chi connectivity index (χ0) is 13.0. The highest BCUT2D eigenvalue weighted by atomic mass is 15.1. The van der Waals surface area contributed by atoms with E-state index < -0.39 is 0 Å². The van der Waals surface area contributed by atoms with Gasteiger partial charge in [-0.25, -0.2) is 4.99 Å². The van der Waals surface area contributed by atoms with E-state index in [1.807, 2.05) is 49.4 Å². The molecular weight excluding hydrogens is 222 g/mol. The van der Waals surface area contributed by atoms with E-state index in [0.29, 0.717) is 5.96 Å². The number of nitrogens with zero attached hydrogens (tertiary/aromatic N) is 1. The fourth-order valence-electron chi connectivity index (χ4n) is 1.76. The topological polar surface area (TPSA) is 50.4 Å². The van der Waals surface area contributed by atoms with E-state index >= 15 is 0 Å². The van der Waals surface area contributed by atoms with Crippen LogP contribution in [0.5, 0.6) is 0 Å². The number of guanidine groups is 1. The van der Waals surface area contributed by atoms with Crippen LogP contribution in [0.15, 0.2) is 53.5 Å². The first-order valence-electron chi connectivity index (χ1n) is 5.88. The summed E-state index contributed by atoms with van der Waals surface area (Å²) in [4.78, 5) is 4.38. The molecule has 18 heavy (non-hydrogen) atoms. The molecule has 3 nitrogen and oxygen atoms in total. The number of benzene rings is 2. The zero-order valence-electron chi connectivity index (χ0n) is 10.6. The second-order valence-corrected chi connectivity index (χ2v) is 4.28. The molecule has 0 aliphatic rings. The van der Waals surface area contributed by atoms with Gasteiger partial charge in [0.05, 0.1) is 5.69 Å². The highest BCUT2D eigenvalue weighted by Crippen LogP contribution is 2.19. The summed E-state index contributed by atoms with van der Waals surface area (Å²) in [5, 5.41) is 3.06. The van der Waals surface area contributed by atoms with E-state index in [0.717, 1.165) is 16.9 Å². The first-order chi connectivity index (χ1) is 8.65. The summed E-state index contributed by atoms with van der Waals surface area (Å²) in [5.41, 5.74) is 10.0. The van der Waals surface area contributed by atoms with Crippen molar-refractivity contribution >= 4 is 17.3 Å². The van der Waals surface area contributed by atoms with E-state index in [2.05, 4.69) is 23.3 Å². The van der Waals surface area contributed by atoms with Gasteiger partial charge in [-0.15, -0.1) is 0 Å². The van der Waals surface area contributed by atoms with E-state index in [9.17, 15) is 0 Å². The summed E-state index contributed by atoms with van der Waals surface area (Å²) in [5.74, 6) is 0.396. The largest absolute Gasteiger partial charge is 0.369 e. The van der Waals surface area contributed by atoms with Crippen LogP contribution >= 0.6 is 0 Å². The van der Waals surface area contributed by atoms with Gasteiger partial charge in [0.15, 0.2) is 5.96 Å². The molecular formula is C15H17N3. The lowest BCUT2D eigenvalue weighted by Gasteiger charge is -2.06. The maximum absolute atomic E-state index is 5.88. The Bertz CT molecular complexity index is 559. The van der Waals surface area contributed by atoms with Gasteiger partial charge in [-0.05, 0) is 37.6 Å². The number of rotatable bonds is 2. The molecule has 0 aliphatic carbocycles. The minimum absolute atomic E-state index is 0.396. The predicted octanol–water partition coefficient (Wildman–Crippen LogP) is 3.36. The zero-order valence-corrected chi connectivity index (χ0v) is 10.6. The van der Waals surface area contributed by atoms with E-state index in [1.54, 1.807) is 0 Å². The highest BCUT2D eigenvalue weighted by molar-refractivity contribution is 5.94. The quantitative estimate of drug-likeness (QED) is 0.623. The second kappa shape index (κ2) is 5.36. The Labute approximate surface area is 107 Å². The molecule has 0 radical (unpaired) electrons. The summed E-state index contributed by atoms with van der Waals surface area (Å²) in [6.45, 7) is 4.09. The first kappa shape index (κ1) is 12.2. The standard InChI is InChI=1S/C15H17N3/c1-11-8-9-14(12(2)10-11)18-15(16)17-13-6-4-3-5-7-13/h3-10H,1-2H3,(H3,16,17,18). The Kier molecular flexibility index (Phi) is 3.63. The summed E-state index contributed by atoms with van der Waals surface area (Å²) < 4.78 is 0. The van der Waals surface area contributed by atoms with Crippen molar-refractivity contribution in [2.75, 3.05) is 5.32 Å². The molecule has 0 spiro atoms. The van der Waals surface area contributed by atoms with Gasteiger partial charge in [0, 0.05) is 5.69 Å². The lowest BCUT2D eigenvalue weighted by atomic mass is 10.1. The highest BCUT2D eigenvalue weighted by Gasteiger charge is 1.99. The predicted molar refractivity (Wildman–Crippen MR) is 77.3 cm³/mol. The number of nitrogens with two attached hydrogens (primary N) is 1. The van der Waals surface area contributed by atoms with Crippen LogP contribution < -0.4 is 11.1 Å². The smallest absolute Gasteiger partial charge is 0.198 e. The van der Waals surface area contributed by atoms with E-state index in [1.165, 1.54) is 5.56 Å². The van der Waals surface area contributed by atoms with Crippen molar-refractivity contribution in [3.05, 3.63) is 59.7 Å². The third kappa shape index (κ3) is 3.10.